The number of nitrogens with zero attached hydrogens (tertiary/aromatic N) is 5. The summed E-state index contributed by atoms with van der Waals surface area (Å²) in [5.41, 5.74) is 3.64. The molecule has 6 rings (SSSR count). The zero-order valence-corrected chi connectivity index (χ0v) is 22.6. The predicted octanol–water partition coefficient (Wildman–Crippen LogP) is 3.11. The maximum Gasteiger partial charge on any atom is 0.414 e. The number of sulfonamides is 1. The SMILES string of the molecule is Cc1cc(C2CC2)cnc1N1CCN(C(=O)c2ccc(N3CC(C)OC3=O)cc2N2CCCS2(=O)=O)CC1. The van der Waals surface area contributed by atoms with Crippen molar-refractivity contribution in [2.45, 2.75) is 45.1 Å². The third-order valence-electron chi connectivity index (χ3n) is 7.84. The smallest absolute Gasteiger partial charge is 0.414 e. The van der Waals surface area contributed by atoms with Gasteiger partial charge in [0.1, 0.15) is 11.9 Å². The minimum Gasteiger partial charge on any atom is -0.444 e. The standard InChI is InChI=1S/C27H33N5O5S/c1-18-14-21(20-4-5-20)16-28-25(18)29-9-11-30(12-10-29)26(33)23-7-6-22(31-17-19(2)37-27(31)34)15-24(23)32-8-3-13-38(32,35)36/h6-7,14-16,19-20H,3-5,8-13,17H2,1-2H3. The van der Waals surface area contributed by atoms with Gasteiger partial charge in [0.05, 0.1) is 23.5 Å². The van der Waals surface area contributed by atoms with Crippen LogP contribution in [0.15, 0.2) is 30.5 Å². The van der Waals surface area contributed by atoms with Crippen molar-refractivity contribution in [1.29, 1.82) is 0 Å². The first-order valence-corrected chi connectivity index (χ1v) is 15.0. The van der Waals surface area contributed by atoms with Crippen LogP contribution in [-0.2, 0) is 14.8 Å². The van der Waals surface area contributed by atoms with Crippen molar-refractivity contribution >= 4 is 39.2 Å². The van der Waals surface area contributed by atoms with Crippen LogP contribution in [0.2, 0.25) is 0 Å². The van der Waals surface area contributed by atoms with Crippen LogP contribution in [0.4, 0.5) is 22.0 Å². The largest absolute Gasteiger partial charge is 0.444 e. The molecule has 1 aromatic heterocycles. The molecule has 1 aliphatic carbocycles. The van der Waals surface area contributed by atoms with Crippen molar-refractivity contribution in [3.8, 4) is 0 Å². The monoisotopic (exact) mass is 539 g/mol. The molecule has 10 nitrogen and oxygen atoms in total. The molecule has 4 fully saturated rings. The van der Waals surface area contributed by atoms with E-state index in [1.54, 1.807) is 30.0 Å². The van der Waals surface area contributed by atoms with Crippen molar-refractivity contribution in [2.24, 2.45) is 0 Å². The maximum absolute atomic E-state index is 13.7. The lowest BCUT2D eigenvalue weighted by molar-refractivity contribution is 0.0747. The van der Waals surface area contributed by atoms with Crippen molar-refractivity contribution < 1.29 is 22.7 Å². The molecule has 1 atom stereocenters. The Labute approximate surface area is 223 Å². The van der Waals surface area contributed by atoms with Crippen LogP contribution in [0.25, 0.3) is 0 Å². The molecule has 2 amide bonds. The number of ether oxygens (including phenoxy) is 1. The van der Waals surface area contributed by atoms with Crippen molar-refractivity contribution in [1.82, 2.24) is 9.88 Å². The number of aromatic nitrogens is 1. The number of pyridine rings is 1. The molecule has 1 unspecified atom stereocenters. The summed E-state index contributed by atoms with van der Waals surface area (Å²) in [6, 6.07) is 7.22. The molecule has 0 N–H and O–H groups in total. The molecule has 0 bridgehead atoms. The van der Waals surface area contributed by atoms with Crippen LogP contribution in [0.3, 0.4) is 0 Å². The van der Waals surface area contributed by atoms with Crippen LogP contribution in [-0.4, -0.2) is 81.4 Å². The summed E-state index contributed by atoms with van der Waals surface area (Å²) in [5, 5.41) is 0. The van der Waals surface area contributed by atoms with Gasteiger partial charge < -0.3 is 14.5 Å². The number of benzene rings is 1. The highest BCUT2D eigenvalue weighted by molar-refractivity contribution is 7.93. The van der Waals surface area contributed by atoms with E-state index < -0.39 is 16.1 Å². The molecule has 0 radical (unpaired) electrons. The van der Waals surface area contributed by atoms with Crippen LogP contribution >= 0.6 is 0 Å². The van der Waals surface area contributed by atoms with Gasteiger partial charge >= 0.3 is 6.09 Å². The first-order valence-electron chi connectivity index (χ1n) is 13.3. The van der Waals surface area contributed by atoms with Gasteiger partial charge in [0.2, 0.25) is 10.0 Å². The van der Waals surface area contributed by atoms with E-state index in [0.29, 0.717) is 68.5 Å². The Morgan fingerprint density at radius 2 is 1.84 bits per heavy atom. The summed E-state index contributed by atoms with van der Waals surface area (Å²) >= 11 is 0. The number of hydrogen-bond donors (Lipinski definition) is 0. The molecule has 2 aromatic rings. The Hall–Kier alpha value is -3.34. The van der Waals surface area contributed by atoms with Gasteiger partial charge in [0.25, 0.3) is 5.91 Å². The van der Waals surface area contributed by atoms with Gasteiger partial charge in [-0.3, -0.25) is 14.0 Å². The van der Waals surface area contributed by atoms with Crippen LogP contribution < -0.4 is 14.1 Å². The van der Waals surface area contributed by atoms with Crippen LogP contribution in [0.5, 0.6) is 0 Å². The summed E-state index contributed by atoms with van der Waals surface area (Å²) in [5.74, 6) is 1.45. The number of cyclic esters (lactones) is 1. The third kappa shape index (κ3) is 4.57. The second-order valence-corrected chi connectivity index (χ2v) is 12.7. The number of hydrogen-bond acceptors (Lipinski definition) is 7. The zero-order valence-electron chi connectivity index (χ0n) is 21.8. The van der Waals surface area contributed by atoms with E-state index in [0.717, 1.165) is 11.4 Å². The van der Waals surface area contributed by atoms with Gasteiger partial charge in [0, 0.05) is 44.6 Å². The quantitative estimate of drug-likeness (QED) is 0.575. The maximum atomic E-state index is 13.7. The minimum atomic E-state index is -3.53. The summed E-state index contributed by atoms with van der Waals surface area (Å²) in [6.45, 7) is 6.89. The van der Waals surface area contributed by atoms with Gasteiger partial charge in [-0.2, -0.15) is 0 Å². The molecule has 4 aliphatic rings. The molecule has 1 aromatic carbocycles. The lowest BCUT2D eigenvalue weighted by Crippen LogP contribution is -2.49. The van der Waals surface area contributed by atoms with E-state index in [1.165, 1.54) is 27.6 Å². The van der Waals surface area contributed by atoms with Gasteiger partial charge in [0.15, 0.2) is 0 Å². The molecule has 38 heavy (non-hydrogen) atoms. The Morgan fingerprint density at radius 1 is 1.08 bits per heavy atom. The molecular weight excluding hydrogens is 506 g/mol. The number of anilines is 3. The number of amides is 2. The lowest BCUT2D eigenvalue weighted by Gasteiger charge is -2.36. The Balaban J connectivity index is 1.23. The Bertz CT molecular complexity index is 1380. The normalized spacial score (nSPS) is 23.2. The number of rotatable bonds is 5. The van der Waals surface area contributed by atoms with E-state index in [1.807, 2.05) is 6.20 Å². The van der Waals surface area contributed by atoms with Crippen LogP contribution in [0.1, 0.15) is 53.6 Å². The van der Waals surface area contributed by atoms with Gasteiger partial charge in [-0.05, 0) is 68.4 Å². The Kier molecular flexibility index (Phi) is 6.20. The Morgan fingerprint density at radius 3 is 2.45 bits per heavy atom. The fraction of sp³-hybridized carbons (Fsp3) is 0.519. The first-order chi connectivity index (χ1) is 18.2. The van der Waals surface area contributed by atoms with E-state index >= 15 is 0 Å². The highest BCUT2D eigenvalue weighted by atomic mass is 32.2. The van der Waals surface area contributed by atoms with Gasteiger partial charge in [-0.15, -0.1) is 0 Å². The molecule has 3 aliphatic heterocycles. The summed E-state index contributed by atoms with van der Waals surface area (Å²) in [7, 11) is -3.53. The molecule has 11 heteroatoms. The topological polar surface area (TPSA) is 103 Å². The first kappa shape index (κ1) is 25.0. The second-order valence-electron chi connectivity index (χ2n) is 10.7. The molecule has 202 valence electrons. The van der Waals surface area contributed by atoms with Crippen molar-refractivity contribution in [3.05, 3.63) is 47.2 Å². The molecule has 1 saturated carbocycles. The lowest BCUT2D eigenvalue weighted by atomic mass is 10.1. The van der Waals surface area contributed by atoms with Gasteiger partial charge in [-0.1, -0.05) is 6.07 Å². The molecular formula is C27H33N5O5S. The summed E-state index contributed by atoms with van der Waals surface area (Å²) in [4.78, 5) is 36.3. The minimum absolute atomic E-state index is 0.0399. The highest BCUT2D eigenvalue weighted by Crippen LogP contribution is 2.41. The third-order valence-corrected chi connectivity index (χ3v) is 9.70. The van der Waals surface area contributed by atoms with E-state index in [4.69, 9.17) is 9.72 Å². The van der Waals surface area contributed by atoms with Crippen LogP contribution in [0, 0.1) is 6.92 Å². The summed E-state index contributed by atoms with van der Waals surface area (Å²) < 4.78 is 32.3. The average molecular weight is 540 g/mol. The van der Waals surface area contributed by atoms with E-state index in [9.17, 15) is 18.0 Å². The second kappa shape index (κ2) is 9.44. The van der Waals surface area contributed by atoms with Gasteiger partial charge in [-0.25, -0.2) is 18.2 Å². The van der Waals surface area contributed by atoms with E-state index in [-0.39, 0.29) is 17.8 Å². The number of aryl methyl sites for hydroxylation is 1. The van der Waals surface area contributed by atoms with Crippen molar-refractivity contribution in [2.75, 3.05) is 59.1 Å². The predicted molar refractivity (Wildman–Crippen MR) is 145 cm³/mol. The molecule has 0 spiro atoms. The fourth-order valence-electron chi connectivity index (χ4n) is 5.65. The zero-order chi connectivity index (χ0) is 26.6. The summed E-state index contributed by atoms with van der Waals surface area (Å²) in [6.07, 6.45) is 4.22. The number of piperazine rings is 1. The van der Waals surface area contributed by atoms with E-state index in [2.05, 4.69) is 17.9 Å². The highest BCUT2D eigenvalue weighted by Gasteiger charge is 2.36. The average Bonchev–Trinajstić information content (AvgIpc) is 3.61. The fourth-order valence-corrected chi connectivity index (χ4v) is 7.22. The molecule has 4 heterocycles. The number of carbonyl (C=O) groups is 2. The number of carbonyl (C=O) groups excluding carboxylic acids is 2. The van der Waals surface area contributed by atoms with Crippen molar-refractivity contribution in [3.63, 3.8) is 0 Å². The molecule has 3 saturated heterocycles.